The number of nitrogens with zero attached hydrogens (tertiary/aromatic N) is 1. The van der Waals surface area contributed by atoms with Crippen molar-refractivity contribution in [1.29, 1.82) is 0 Å². The van der Waals surface area contributed by atoms with Crippen LogP contribution < -0.4 is 5.32 Å². The zero-order valence-corrected chi connectivity index (χ0v) is 12.7. The maximum absolute atomic E-state index is 12.3. The molecule has 0 unspecified atom stereocenters. The molecule has 1 aromatic carbocycles. The number of nitrogens with one attached hydrogen (secondary N) is 1. The largest absolute Gasteiger partial charge is 0.342 e. The molecule has 1 amide bonds. The van der Waals surface area contributed by atoms with E-state index in [9.17, 15) is 4.79 Å². The van der Waals surface area contributed by atoms with Crippen LogP contribution in [0.4, 0.5) is 0 Å². The smallest absolute Gasteiger partial charge is 0.252 e. The van der Waals surface area contributed by atoms with Crippen LogP contribution >= 0.6 is 23.2 Å². The lowest BCUT2D eigenvalue weighted by Gasteiger charge is -2.25. The van der Waals surface area contributed by atoms with Gasteiger partial charge in [-0.1, -0.05) is 29.3 Å². The summed E-state index contributed by atoms with van der Waals surface area (Å²) in [6.45, 7) is 3.79. The first-order valence-corrected chi connectivity index (χ1v) is 6.85. The Hall–Kier alpha value is -1.58. The highest BCUT2D eigenvalue weighted by atomic mass is 35.5. The molecular weight excluding hydrogens is 295 g/mol. The van der Waals surface area contributed by atoms with Gasteiger partial charge in [0.15, 0.2) is 0 Å². The fraction of sp³-hybridized carbons (Fsp3) is 0.200. The summed E-state index contributed by atoms with van der Waals surface area (Å²) in [5.74, 6) is -0.223. The third kappa shape index (κ3) is 3.30. The lowest BCUT2D eigenvalue weighted by molar-refractivity contribution is 0.0910. The molecular formula is C15H14Cl2N2O. The topological polar surface area (TPSA) is 42.0 Å². The monoisotopic (exact) mass is 308 g/mol. The Morgan fingerprint density at radius 3 is 2.50 bits per heavy atom. The number of amides is 1. The predicted octanol–water partition coefficient (Wildman–Crippen LogP) is 4.05. The van der Waals surface area contributed by atoms with Gasteiger partial charge in [-0.3, -0.25) is 9.78 Å². The van der Waals surface area contributed by atoms with E-state index in [4.69, 9.17) is 23.2 Å². The van der Waals surface area contributed by atoms with Gasteiger partial charge >= 0.3 is 0 Å². The number of halogens is 2. The molecule has 104 valence electrons. The molecule has 2 aromatic rings. The number of hydrogen-bond donors (Lipinski definition) is 1. The summed E-state index contributed by atoms with van der Waals surface area (Å²) in [7, 11) is 0. The van der Waals surface area contributed by atoms with Crippen LogP contribution in [-0.4, -0.2) is 10.9 Å². The van der Waals surface area contributed by atoms with Crippen molar-refractivity contribution >= 4 is 29.1 Å². The van der Waals surface area contributed by atoms with Crippen LogP contribution in [0.15, 0.2) is 42.6 Å². The van der Waals surface area contributed by atoms with Gasteiger partial charge in [0.1, 0.15) is 0 Å². The zero-order valence-electron chi connectivity index (χ0n) is 11.2. The van der Waals surface area contributed by atoms with Gasteiger partial charge in [0.2, 0.25) is 0 Å². The molecule has 2 rings (SSSR count). The minimum absolute atomic E-state index is 0.223. The number of aromatic nitrogens is 1. The average Bonchev–Trinajstić information content (AvgIpc) is 2.42. The summed E-state index contributed by atoms with van der Waals surface area (Å²) in [4.78, 5) is 16.5. The standard InChI is InChI=1S/C15H14Cl2N2O/c1-15(2,13-5-3-4-8-18-13)19-14(20)10-6-7-11(16)12(17)9-10/h3-9H,1-2H3,(H,19,20). The van der Waals surface area contributed by atoms with Crippen LogP contribution in [0.2, 0.25) is 10.0 Å². The molecule has 1 N–H and O–H groups in total. The minimum Gasteiger partial charge on any atom is -0.342 e. The van der Waals surface area contributed by atoms with Crippen LogP contribution in [0, 0.1) is 0 Å². The summed E-state index contributed by atoms with van der Waals surface area (Å²) in [5.41, 5.74) is 0.668. The van der Waals surface area contributed by atoms with Crippen LogP contribution in [0.5, 0.6) is 0 Å². The van der Waals surface area contributed by atoms with Crippen molar-refractivity contribution in [3.63, 3.8) is 0 Å². The van der Waals surface area contributed by atoms with E-state index in [0.29, 0.717) is 15.6 Å². The van der Waals surface area contributed by atoms with Crippen LogP contribution in [0.25, 0.3) is 0 Å². The molecule has 0 aliphatic rings. The molecule has 1 aromatic heterocycles. The average molecular weight is 309 g/mol. The van der Waals surface area contributed by atoms with Crippen molar-refractivity contribution in [2.45, 2.75) is 19.4 Å². The van der Waals surface area contributed by atoms with Crippen LogP contribution in [-0.2, 0) is 5.54 Å². The van der Waals surface area contributed by atoms with Gasteiger partial charge in [0, 0.05) is 11.8 Å². The number of rotatable bonds is 3. The number of benzene rings is 1. The molecule has 0 saturated carbocycles. The lowest BCUT2D eigenvalue weighted by atomic mass is 9.99. The minimum atomic E-state index is -0.579. The Balaban J connectivity index is 2.20. The highest BCUT2D eigenvalue weighted by Crippen LogP contribution is 2.23. The van der Waals surface area contributed by atoms with Crippen molar-refractivity contribution < 1.29 is 4.79 Å². The molecule has 0 fully saturated rings. The molecule has 20 heavy (non-hydrogen) atoms. The summed E-state index contributed by atoms with van der Waals surface area (Å²) in [6, 6.07) is 10.4. The highest BCUT2D eigenvalue weighted by molar-refractivity contribution is 6.42. The van der Waals surface area contributed by atoms with Gasteiger partial charge in [0.05, 0.1) is 21.3 Å². The second kappa shape index (κ2) is 5.81. The Morgan fingerprint density at radius 1 is 1.15 bits per heavy atom. The van der Waals surface area contributed by atoms with Gasteiger partial charge < -0.3 is 5.32 Å². The van der Waals surface area contributed by atoms with Gasteiger partial charge in [0.25, 0.3) is 5.91 Å². The van der Waals surface area contributed by atoms with E-state index in [1.165, 1.54) is 0 Å². The first kappa shape index (κ1) is 14.8. The Bertz CT molecular complexity index is 627. The zero-order chi connectivity index (χ0) is 14.8. The second-order valence-electron chi connectivity index (χ2n) is 4.92. The van der Waals surface area contributed by atoms with Crippen molar-refractivity contribution in [2.75, 3.05) is 0 Å². The summed E-state index contributed by atoms with van der Waals surface area (Å²) < 4.78 is 0. The van der Waals surface area contributed by atoms with Crippen molar-refractivity contribution in [3.8, 4) is 0 Å². The van der Waals surface area contributed by atoms with E-state index in [1.807, 2.05) is 32.0 Å². The SMILES string of the molecule is CC(C)(NC(=O)c1ccc(Cl)c(Cl)c1)c1ccccn1. The predicted molar refractivity (Wildman–Crippen MR) is 81.2 cm³/mol. The van der Waals surface area contributed by atoms with Crippen molar-refractivity contribution in [1.82, 2.24) is 10.3 Å². The highest BCUT2D eigenvalue weighted by Gasteiger charge is 2.24. The maximum Gasteiger partial charge on any atom is 0.252 e. The summed E-state index contributed by atoms with van der Waals surface area (Å²) >= 11 is 11.8. The normalized spacial score (nSPS) is 11.2. The van der Waals surface area contributed by atoms with Crippen molar-refractivity contribution in [3.05, 3.63) is 63.9 Å². The number of carbonyl (C=O) groups excluding carboxylic acids is 1. The first-order valence-electron chi connectivity index (χ1n) is 6.09. The molecule has 1 heterocycles. The molecule has 0 bridgehead atoms. The fourth-order valence-corrected chi connectivity index (χ4v) is 2.09. The number of pyridine rings is 1. The van der Waals surface area contributed by atoms with E-state index in [2.05, 4.69) is 10.3 Å². The van der Waals surface area contributed by atoms with Crippen LogP contribution in [0.1, 0.15) is 29.9 Å². The summed E-state index contributed by atoms with van der Waals surface area (Å²) in [6.07, 6.45) is 1.70. The molecule has 5 heteroatoms. The van der Waals surface area contributed by atoms with E-state index < -0.39 is 5.54 Å². The quantitative estimate of drug-likeness (QED) is 0.929. The third-order valence-corrected chi connectivity index (χ3v) is 3.65. The van der Waals surface area contributed by atoms with E-state index >= 15 is 0 Å². The second-order valence-corrected chi connectivity index (χ2v) is 5.74. The van der Waals surface area contributed by atoms with Crippen LogP contribution in [0.3, 0.4) is 0 Å². The summed E-state index contributed by atoms with van der Waals surface area (Å²) in [5, 5.41) is 3.71. The van der Waals surface area contributed by atoms with E-state index in [1.54, 1.807) is 24.4 Å². The van der Waals surface area contributed by atoms with Gasteiger partial charge in [-0.05, 0) is 44.2 Å². The lowest BCUT2D eigenvalue weighted by Crippen LogP contribution is -2.41. The molecule has 0 aliphatic heterocycles. The maximum atomic E-state index is 12.3. The van der Waals surface area contributed by atoms with E-state index in [-0.39, 0.29) is 5.91 Å². The first-order chi connectivity index (χ1) is 9.40. The molecule has 0 spiro atoms. The molecule has 0 aliphatic carbocycles. The number of hydrogen-bond acceptors (Lipinski definition) is 2. The fourth-order valence-electron chi connectivity index (χ4n) is 1.79. The van der Waals surface area contributed by atoms with Crippen molar-refractivity contribution in [2.24, 2.45) is 0 Å². The number of carbonyl (C=O) groups is 1. The van der Waals surface area contributed by atoms with Gasteiger partial charge in [-0.2, -0.15) is 0 Å². The molecule has 0 radical (unpaired) electrons. The Morgan fingerprint density at radius 2 is 1.90 bits per heavy atom. The van der Waals surface area contributed by atoms with Gasteiger partial charge in [-0.15, -0.1) is 0 Å². The molecule has 3 nitrogen and oxygen atoms in total. The Labute approximate surface area is 127 Å². The Kier molecular flexibility index (Phi) is 4.31. The van der Waals surface area contributed by atoms with E-state index in [0.717, 1.165) is 5.69 Å². The molecule has 0 atom stereocenters. The van der Waals surface area contributed by atoms with Gasteiger partial charge in [-0.25, -0.2) is 0 Å². The third-order valence-electron chi connectivity index (χ3n) is 2.91. The molecule has 0 saturated heterocycles.